The molecule has 156 valence electrons. The maximum Gasteiger partial charge on any atom is 0.337 e. The van der Waals surface area contributed by atoms with E-state index in [0.29, 0.717) is 12.1 Å². The van der Waals surface area contributed by atoms with Gasteiger partial charge in [-0.25, -0.2) is 9.78 Å². The number of hydrogen-bond donors (Lipinski definition) is 3. The van der Waals surface area contributed by atoms with E-state index in [9.17, 15) is 9.90 Å². The number of nitrogens with zero attached hydrogens (tertiary/aromatic N) is 2. The molecule has 4 aromatic rings. The van der Waals surface area contributed by atoms with E-state index >= 15 is 0 Å². The fraction of sp³-hybridized carbons (Fsp3) is 0.160. The number of aryl methyl sites for hydroxylation is 2. The molecule has 31 heavy (non-hydrogen) atoms. The van der Waals surface area contributed by atoms with Gasteiger partial charge in [0, 0.05) is 30.4 Å². The average Bonchev–Trinajstić information content (AvgIpc) is 2.81. The van der Waals surface area contributed by atoms with Crippen LogP contribution in [0.15, 0.2) is 79.0 Å². The highest BCUT2D eigenvalue weighted by Gasteiger charge is 2.14. The lowest BCUT2D eigenvalue weighted by molar-refractivity contribution is 0.0695. The largest absolute Gasteiger partial charge is 0.478 e. The molecule has 0 aliphatic heterocycles. The van der Waals surface area contributed by atoms with E-state index in [1.165, 1.54) is 0 Å². The monoisotopic (exact) mass is 412 g/mol. The summed E-state index contributed by atoms with van der Waals surface area (Å²) in [6, 6.07) is 23.3. The number of carboxylic acid groups (broad SMARTS) is 1. The Morgan fingerprint density at radius 2 is 1.68 bits per heavy atom. The molecule has 2 heterocycles. The fourth-order valence-electron chi connectivity index (χ4n) is 3.46. The van der Waals surface area contributed by atoms with Gasteiger partial charge in [0.05, 0.1) is 16.8 Å². The molecule has 0 aliphatic rings. The number of hydrogen-bond acceptors (Lipinski definition) is 5. The van der Waals surface area contributed by atoms with Gasteiger partial charge in [0.25, 0.3) is 0 Å². The summed E-state index contributed by atoms with van der Waals surface area (Å²) in [5.41, 5.74) is 3.77. The number of nitrogens with one attached hydrogen (secondary N) is 2. The zero-order valence-electron chi connectivity index (χ0n) is 17.1. The number of benzene rings is 2. The fourth-order valence-corrected chi connectivity index (χ4v) is 3.46. The Morgan fingerprint density at radius 1 is 0.871 bits per heavy atom. The van der Waals surface area contributed by atoms with Crippen LogP contribution in [0.2, 0.25) is 0 Å². The first kappa shape index (κ1) is 20.3. The van der Waals surface area contributed by atoms with E-state index in [-0.39, 0.29) is 5.56 Å². The Labute approximate surface area is 181 Å². The Hall–Kier alpha value is -3.93. The summed E-state index contributed by atoms with van der Waals surface area (Å²) in [6.45, 7) is 1.44. The number of carboxylic acids is 1. The van der Waals surface area contributed by atoms with Crippen molar-refractivity contribution in [1.82, 2.24) is 9.97 Å². The van der Waals surface area contributed by atoms with Crippen LogP contribution < -0.4 is 10.6 Å². The number of pyridine rings is 2. The first-order valence-electron chi connectivity index (χ1n) is 10.3. The molecule has 0 saturated carbocycles. The van der Waals surface area contributed by atoms with Crippen LogP contribution in [0, 0.1) is 0 Å². The SMILES string of the molecule is O=C(O)c1cc2ccc(NCCNc3ccccn3)cc2nc1CCc1ccccc1. The van der Waals surface area contributed by atoms with Crippen molar-refractivity contribution in [3.63, 3.8) is 0 Å². The molecule has 6 nitrogen and oxygen atoms in total. The number of carbonyl (C=O) groups is 1. The molecule has 0 spiro atoms. The van der Waals surface area contributed by atoms with Crippen molar-refractivity contribution in [2.45, 2.75) is 12.8 Å². The second-order valence-corrected chi connectivity index (χ2v) is 7.25. The molecule has 0 unspecified atom stereocenters. The van der Waals surface area contributed by atoms with Crippen LogP contribution in [-0.4, -0.2) is 34.1 Å². The highest BCUT2D eigenvalue weighted by molar-refractivity contribution is 5.94. The summed E-state index contributed by atoms with van der Waals surface area (Å²) in [7, 11) is 0. The highest BCUT2D eigenvalue weighted by Crippen LogP contribution is 2.22. The molecule has 0 bridgehead atoms. The number of fused-ring (bicyclic) bond motifs is 1. The zero-order chi connectivity index (χ0) is 21.5. The molecule has 0 aliphatic carbocycles. The van der Waals surface area contributed by atoms with Gasteiger partial charge in [-0.1, -0.05) is 42.5 Å². The first-order valence-corrected chi connectivity index (χ1v) is 10.3. The molecule has 2 aromatic heterocycles. The Bertz CT molecular complexity index is 1160. The van der Waals surface area contributed by atoms with Gasteiger partial charge in [0.1, 0.15) is 5.82 Å². The predicted molar refractivity (Wildman–Crippen MR) is 124 cm³/mol. The minimum absolute atomic E-state index is 0.267. The maximum absolute atomic E-state index is 11.8. The smallest absolute Gasteiger partial charge is 0.337 e. The van der Waals surface area contributed by atoms with Crippen LogP contribution >= 0.6 is 0 Å². The van der Waals surface area contributed by atoms with E-state index in [0.717, 1.165) is 47.5 Å². The molecule has 2 aromatic carbocycles. The molecule has 4 rings (SSSR count). The van der Waals surface area contributed by atoms with Gasteiger partial charge in [-0.05, 0) is 48.7 Å². The normalized spacial score (nSPS) is 10.7. The van der Waals surface area contributed by atoms with Gasteiger partial charge in [-0.15, -0.1) is 0 Å². The molecule has 0 atom stereocenters. The van der Waals surface area contributed by atoms with Crippen molar-refractivity contribution in [3.05, 3.63) is 95.8 Å². The van der Waals surface area contributed by atoms with Crippen molar-refractivity contribution < 1.29 is 9.90 Å². The third-order valence-electron chi connectivity index (χ3n) is 5.05. The van der Waals surface area contributed by atoms with Crippen molar-refractivity contribution in [1.29, 1.82) is 0 Å². The number of anilines is 2. The topological polar surface area (TPSA) is 87.1 Å². The van der Waals surface area contributed by atoms with Crippen molar-refractivity contribution in [2.75, 3.05) is 23.7 Å². The quantitative estimate of drug-likeness (QED) is 0.347. The van der Waals surface area contributed by atoms with E-state index in [2.05, 4.69) is 15.6 Å². The van der Waals surface area contributed by atoms with Crippen molar-refractivity contribution >= 4 is 28.4 Å². The van der Waals surface area contributed by atoms with Gasteiger partial charge in [-0.2, -0.15) is 0 Å². The summed E-state index contributed by atoms with van der Waals surface area (Å²) in [5.74, 6) is -0.103. The van der Waals surface area contributed by atoms with Crippen LogP contribution in [0.5, 0.6) is 0 Å². The third kappa shape index (κ3) is 5.36. The molecule has 0 amide bonds. The van der Waals surface area contributed by atoms with Gasteiger partial charge < -0.3 is 15.7 Å². The summed E-state index contributed by atoms with van der Waals surface area (Å²) in [6.07, 6.45) is 3.08. The molecule has 0 saturated heterocycles. The molecule has 0 radical (unpaired) electrons. The van der Waals surface area contributed by atoms with Crippen LogP contribution in [0.3, 0.4) is 0 Å². The van der Waals surface area contributed by atoms with E-state index in [1.54, 1.807) is 12.3 Å². The van der Waals surface area contributed by atoms with Crippen LogP contribution in [0.25, 0.3) is 10.9 Å². The Kier molecular flexibility index (Phi) is 6.38. The summed E-state index contributed by atoms with van der Waals surface area (Å²) < 4.78 is 0. The van der Waals surface area contributed by atoms with Gasteiger partial charge in [0.2, 0.25) is 0 Å². The number of aromatic carboxylic acids is 1. The van der Waals surface area contributed by atoms with E-state index in [4.69, 9.17) is 4.98 Å². The van der Waals surface area contributed by atoms with Crippen molar-refractivity contribution in [2.24, 2.45) is 0 Å². The second kappa shape index (κ2) is 9.71. The van der Waals surface area contributed by atoms with E-state index in [1.807, 2.05) is 66.7 Å². The minimum Gasteiger partial charge on any atom is -0.478 e. The lowest BCUT2D eigenvalue weighted by Crippen LogP contribution is -2.14. The Morgan fingerprint density at radius 3 is 2.45 bits per heavy atom. The summed E-state index contributed by atoms with van der Waals surface area (Å²) in [5, 5.41) is 17.1. The molecule has 3 N–H and O–H groups in total. The molecule has 6 heteroatoms. The maximum atomic E-state index is 11.8. The molecule has 0 fully saturated rings. The predicted octanol–water partition coefficient (Wildman–Crippen LogP) is 4.64. The van der Waals surface area contributed by atoms with E-state index < -0.39 is 5.97 Å². The van der Waals surface area contributed by atoms with Gasteiger partial charge in [-0.3, -0.25) is 4.98 Å². The minimum atomic E-state index is -0.944. The second-order valence-electron chi connectivity index (χ2n) is 7.25. The van der Waals surface area contributed by atoms with Gasteiger partial charge in [0.15, 0.2) is 0 Å². The van der Waals surface area contributed by atoms with Crippen LogP contribution in [0.1, 0.15) is 21.6 Å². The number of aromatic nitrogens is 2. The lowest BCUT2D eigenvalue weighted by Gasteiger charge is -2.11. The summed E-state index contributed by atoms with van der Waals surface area (Å²) in [4.78, 5) is 20.7. The standard InChI is InChI=1S/C25H24N4O2/c30-25(31)21-16-19-10-11-20(26-14-15-28-24-8-4-5-13-27-24)17-23(19)29-22(21)12-9-18-6-2-1-3-7-18/h1-8,10-11,13,16-17,26H,9,12,14-15H2,(H,27,28)(H,30,31). The first-order chi connectivity index (χ1) is 15.2. The lowest BCUT2D eigenvalue weighted by atomic mass is 10.0. The molecular weight excluding hydrogens is 388 g/mol. The zero-order valence-corrected chi connectivity index (χ0v) is 17.1. The van der Waals surface area contributed by atoms with Crippen molar-refractivity contribution in [3.8, 4) is 0 Å². The van der Waals surface area contributed by atoms with Gasteiger partial charge >= 0.3 is 5.97 Å². The number of rotatable bonds is 9. The Balaban J connectivity index is 1.47. The van der Waals surface area contributed by atoms with Crippen LogP contribution in [-0.2, 0) is 12.8 Å². The molecular formula is C25H24N4O2. The highest BCUT2D eigenvalue weighted by atomic mass is 16.4. The van der Waals surface area contributed by atoms with Crippen LogP contribution in [0.4, 0.5) is 11.5 Å². The average molecular weight is 412 g/mol. The summed E-state index contributed by atoms with van der Waals surface area (Å²) >= 11 is 0. The third-order valence-corrected chi connectivity index (χ3v) is 5.05.